The van der Waals surface area contributed by atoms with Crippen LogP contribution in [-0.4, -0.2) is 32.1 Å². The number of nitrogens with zero attached hydrogens (tertiary/aromatic N) is 1. The van der Waals surface area contributed by atoms with Gasteiger partial charge in [0.15, 0.2) is 11.5 Å². The molecule has 0 spiro atoms. The summed E-state index contributed by atoms with van der Waals surface area (Å²) in [6.45, 7) is 0.462. The largest absolute Gasteiger partial charge is 0.493 e. The van der Waals surface area contributed by atoms with Gasteiger partial charge in [0, 0.05) is 27.8 Å². The summed E-state index contributed by atoms with van der Waals surface area (Å²) in [7, 11) is 5.09. The van der Waals surface area contributed by atoms with Crippen molar-refractivity contribution >= 4 is 34.8 Å². The molecule has 3 rings (SSSR count). The van der Waals surface area contributed by atoms with E-state index >= 15 is 0 Å². The van der Waals surface area contributed by atoms with Gasteiger partial charge in [-0.3, -0.25) is 9.69 Å². The summed E-state index contributed by atoms with van der Waals surface area (Å²) in [5.41, 5.74) is 2.30. The van der Waals surface area contributed by atoms with Crippen molar-refractivity contribution in [1.29, 1.82) is 0 Å². The zero-order valence-corrected chi connectivity index (χ0v) is 19.1. The summed E-state index contributed by atoms with van der Waals surface area (Å²) in [4.78, 5) is 15.3. The van der Waals surface area contributed by atoms with E-state index < -0.39 is 6.04 Å². The first-order valence-corrected chi connectivity index (χ1v) is 10.4. The lowest BCUT2D eigenvalue weighted by Gasteiger charge is -2.28. The Bertz CT molecular complexity index is 1020. The molecule has 0 saturated carbocycles. The Labute approximate surface area is 192 Å². The molecule has 3 aromatic carbocycles. The topological polar surface area (TPSA) is 50.8 Å². The van der Waals surface area contributed by atoms with Crippen molar-refractivity contribution < 1.29 is 14.3 Å². The number of rotatable bonds is 8. The van der Waals surface area contributed by atoms with Crippen LogP contribution in [-0.2, 0) is 11.3 Å². The van der Waals surface area contributed by atoms with Gasteiger partial charge < -0.3 is 14.8 Å². The van der Waals surface area contributed by atoms with Crippen LogP contribution < -0.4 is 14.8 Å². The molecule has 7 heteroatoms. The van der Waals surface area contributed by atoms with E-state index in [1.54, 1.807) is 32.4 Å². The van der Waals surface area contributed by atoms with Gasteiger partial charge >= 0.3 is 0 Å². The number of anilines is 1. The molecule has 0 aliphatic carbocycles. The minimum Gasteiger partial charge on any atom is -0.493 e. The molecule has 0 bridgehead atoms. The number of ether oxygens (including phenoxy) is 2. The molecule has 0 aliphatic heterocycles. The normalized spacial score (nSPS) is 11.8. The fraction of sp³-hybridized carbons (Fsp3) is 0.208. The fourth-order valence-corrected chi connectivity index (χ4v) is 4.04. The predicted molar refractivity (Wildman–Crippen MR) is 125 cm³/mol. The number of carbonyl (C=O) groups is 1. The molecule has 162 valence electrons. The quantitative estimate of drug-likeness (QED) is 0.461. The van der Waals surface area contributed by atoms with Gasteiger partial charge in [-0.25, -0.2) is 0 Å². The molecule has 0 fully saturated rings. The molecule has 0 radical (unpaired) electrons. The molecular formula is C24H24Cl2N2O3. The third-order valence-corrected chi connectivity index (χ3v) is 5.28. The summed E-state index contributed by atoms with van der Waals surface area (Å²) >= 11 is 12.2. The number of hydrogen-bond donors (Lipinski definition) is 1. The molecule has 1 amide bonds. The van der Waals surface area contributed by atoms with Crippen molar-refractivity contribution in [3.05, 3.63) is 87.9 Å². The molecule has 31 heavy (non-hydrogen) atoms. The van der Waals surface area contributed by atoms with Gasteiger partial charge in [0.05, 0.1) is 14.2 Å². The molecule has 5 nitrogen and oxygen atoms in total. The van der Waals surface area contributed by atoms with Crippen molar-refractivity contribution in [2.24, 2.45) is 0 Å². The van der Waals surface area contributed by atoms with Crippen LogP contribution in [0.25, 0.3) is 0 Å². The van der Waals surface area contributed by atoms with Crippen molar-refractivity contribution in [2.45, 2.75) is 12.6 Å². The van der Waals surface area contributed by atoms with Crippen molar-refractivity contribution in [1.82, 2.24) is 4.90 Å². The Balaban J connectivity index is 1.91. The number of amides is 1. The number of benzene rings is 3. The van der Waals surface area contributed by atoms with Crippen LogP contribution in [0.1, 0.15) is 17.2 Å². The maximum Gasteiger partial charge on any atom is 0.246 e. The molecule has 0 heterocycles. The average molecular weight is 459 g/mol. The van der Waals surface area contributed by atoms with E-state index in [-0.39, 0.29) is 5.91 Å². The standard InChI is InChI=1S/C24H24Cl2N2O3/c1-28(15-17-10-7-11-21(30-2)23(17)31-3)22(16-8-5-4-6-9-16)24(29)27-20-13-18(25)12-19(26)14-20/h4-14,22H,15H2,1-3H3,(H,27,29). The molecular weight excluding hydrogens is 435 g/mol. The number of nitrogens with one attached hydrogen (secondary N) is 1. The number of carbonyl (C=O) groups excluding carboxylic acids is 1. The zero-order chi connectivity index (χ0) is 22.4. The second kappa shape index (κ2) is 10.5. The summed E-state index contributed by atoms with van der Waals surface area (Å²) in [6.07, 6.45) is 0. The number of likely N-dealkylation sites (N-methyl/N-ethyl adjacent to an activating group) is 1. The highest BCUT2D eigenvalue weighted by molar-refractivity contribution is 6.35. The Hall–Kier alpha value is -2.73. The number of halogens is 2. The first-order chi connectivity index (χ1) is 14.9. The predicted octanol–water partition coefficient (Wildman–Crippen LogP) is 5.82. The number of methoxy groups -OCH3 is 2. The number of para-hydroxylation sites is 1. The van der Waals surface area contributed by atoms with Gasteiger partial charge in [-0.1, -0.05) is 65.7 Å². The van der Waals surface area contributed by atoms with Crippen molar-refractivity contribution in [2.75, 3.05) is 26.6 Å². The Morgan fingerprint density at radius 1 is 0.968 bits per heavy atom. The SMILES string of the molecule is COc1cccc(CN(C)C(C(=O)Nc2cc(Cl)cc(Cl)c2)c2ccccc2)c1OC. The van der Waals surface area contributed by atoms with Gasteiger partial charge in [-0.2, -0.15) is 0 Å². The van der Waals surface area contributed by atoms with Gasteiger partial charge in [-0.15, -0.1) is 0 Å². The van der Waals surface area contributed by atoms with Crippen molar-refractivity contribution in [3.63, 3.8) is 0 Å². The smallest absolute Gasteiger partial charge is 0.246 e. The molecule has 1 N–H and O–H groups in total. The van der Waals surface area contributed by atoms with Gasteiger partial charge in [0.25, 0.3) is 0 Å². The van der Waals surface area contributed by atoms with Crippen LogP contribution in [0, 0.1) is 0 Å². The lowest BCUT2D eigenvalue weighted by Crippen LogP contribution is -2.34. The van der Waals surface area contributed by atoms with E-state index in [0.717, 1.165) is 11.1 Å². The Morgan fingerprint density at radius 2 is 1.65 bits per heavy atom. The van der Waals surface area contributed by atoms with Crippen molar-refractivity contribution in [3.8, 4) is 11.5 Å². The van der Waals surface area contributed by atoms with Crippen LogP contribution in [0.15, 0.2) is 66.7 Å². The molecule has 1 atom stereocenters. The molecule has 0 aromatic heterocycles. The third-order valence-electron chi connectivity index (χ3n) is 4.84. The lowest BCUT2D eigenvalue weighted by molar-refractivity contribution is -0.121. The van der Waals surface area contributed by atoms with Gasteiger partial charge in [0.2, 0.25) is 5.91 Å². The highest BCUT2D eigenvalue weighted by Gasteiger charge is 2.26. The maximum atomic E-state index is 13.4. The number of hydrogen-bond acceptors (Lipinski definition) is 4. The van der Waals surface area contributed by atoms with E-state index in [0.29, 0.717) is 33.8 Å². The monoisotopic (exact) mass is 458 g/mol. The average Bonchev–Trinajstić information content (AvgIpc) is 2.73. The Kier molecular flexibility index (Phi) is 7.80. The molecule has 0 saturated heterocycles. The van der Waals surface area contributed by atoms with Crippen LogP contribution >= 0.6 is 23.2 Å². The summed E-state index contributed by atoms with van der Waals surface area (Å²) in [6, 6.07) is 19.7. The highest BCUT2D eigenvalue weighted by atomic mass is 35.5. The van der Waals surface area contributed by atoms with E-state index in [4.69, 9.17) is 32.7 Å². The van der Waals surface area contributed by atoms with Crippen LogP contribution in [0.2, 0.25) is 10.0 Å². The minimum atomic E-state index is -0.560. The minimum absolute atomic E-state index is 0.200. The van der Waals surface area contributed by atoms with E-state index in [1.807, 2.05) is 60.5 Å². The van der Waals surface area contributed by atoms with Gasteiger partial charge in [-0.05, 0) is 36.9 Å². The second-order valence-corrected chi connectivity index (χ2v) is 7.90. The molecule has 0 aliphatic rings. The fourth-order valence-electron chi connectivity index (χ4n) is 3.52. The summed E-state index contributed by atoms with van der Waals surface area (Å²) in [5.74, 6) is 1.09. The summed E-state index contributed by atoms with van der Waals surface area (Å²) < 4.78 is 11.0. The van der Waals surface area contributed by atoms with E-state index in [9.17, 15) is 4.79 Å². The maximum absolute atomic E-state index is 13.4. The molecule has 3 aromatic rings. The third kappa shape index (κ3) is 5.70. The first kappa shape index (κ1) is 22.9. The van der Waals surface area contributed by atoms with E-state index in [1.165, 1.54) is 0 Å². The first-order valence-electron chi connectivity index (χ1n) is 9.65. The molecule has 1 unspecified atom stereocenters. The van der Waals surface area contributed by atoms with Gasteiger partial charge in [0.1, 0.15) is 6.04 Å². The lowest BCUT2D eigenvalue weighted by atomic mass is 10.0. The van der Waals surface area contributed by atoms with Crippen LogP contribution in [0.4, 0.5) is 5.69 Å². The second-order valence-electron chi connectivity index (χ2n) is 7.03. The zero-order valence-electron chi connectivity index (χ0n) is 17.6. The Morgan fingerprint density at radius 3 is 2.26 bits per heavy atom. The van der Waals surface area contributed by atoms with E-state index in [2.05, 4.69) is 5.32 Å². The van der Waals surface area contributed by atoms with Crippen LogP contribution in [0.5, 0.6) is 11.5 Å². The summed E-state index contributed by atoms with van der Waals surface area (Å²) in [5, 5.41) is 3.84. The highest BCUT2D eigenvalue weighted by Crippen LogP contribution is 2.33. The van der Waals surface area contributed by atoms with Crippen LogP contribution in [0.3, 0.4) is 0 Å².